The van der Waals surface area contributed by atoms with Gasteiger partial charge in [0.1, 0.15) is 5.82 Å². The van der Waals surface area contributed by atoms with Crippen molar-refractivity contribution in [2.75, 3.05) is 26.7 Å². The molecule has 1 saturated heterocycles. The quantitative estimate of drug-likeness (QED) is 0.867. The average molecular weight is 323 g/mol. The lowest BCUT2D eigenvalue weighted by Gasteiger charge is -2.32. The molecule has 0 spiro atoms. The summed E-state index contributed by atoms with van der Waals surface area (Å²) in [4.78, 5) is 18.7. The van der Waals surface area contributed by atoms with Crippen molar-refractivity contribution in [3.05, 3.63) is 53.4 Å². The number of pyridine rings is 1. The van der Waals surface area contributed by atoms with Crippen LogP contribution in [0.2, 0.25) is 0 Å². The van der Waals surface area contributed by atoms with Crippen LogP contribution in [0, 0.1) is 0 Å². The maximum absolute atomic E-state index is 4.91. The Morgan fingerprint density at radius 3 is 2.83 bits per heavy atom. The van der Waals surface area contributed by atoms with Crippen LogP contribution >= 0.6 is 0 Å². The molecule has 0 saturated carbocycles. The third-order valence-electron chi connectivity index (χ3n) is 5.23. The first kappa shape index (κ1) is 15.7. The summed E-state index contributed by atoms with van der Waals surface area (Å²) in [7, 11) is 2.16. The molecule has 126 valence electrons. The van der Waals surface area contributed by atoms with Crippen LogP contribution in [0.4, 0.5) is 0 Å². The van der Waals surface area contributed by atoms with Gasteiger partial charge in [-0.25, -0.2) is 9.97 Å². The van der Waals surface area contributed by atoms with Crippen molar-refractivity contribution in [3.8, 4) is 0 Å². The monoisotopic (exact) mass is 323 g/mol. The molecule has 0 N–H and O–H groups in total. The topological polar surface area (TPSA) is 45.2 Å². The maximum atomic E-state index is 4.91. The van der Waals surface area contributed by atoms with Gasteiger partial charge in [-0.05, 0) is 44.6 Å². The summed E-state index contributed by atoms with van der Waals surface area (Å²) < 4.78 is 0. The van der Waals surface area contributed by atoms with Crippen LogP contribution in [0.5, 0.6) is 0 Å². The smallest absolute Gasteiger partial charge is 0.131 e. The van der Waals surface area contributed by atoms with E-state index in [0.717, 1.165) is 57.8 Å². The fraction of sp³-hybridized carbons (Fsp3) is 0.526. The number of nitrogens with zero attached hydrogens (tertiary/aromatic N) is 5. The molecule has 0 bridgehead atoms. The van der Waals surface area contributed by atoms with Gasteiger partial charge >= 0.3 is 0 Å². The average Bonchev–Trinajstić information content (AvgIpc) is 2.63. The van der Waals surface area contributed by atoms with Gasteiger partial charge in [-0.2, -0.15) is 0 Å². The predicted octanol–water partition coefficient (Wildman–Crippen LogP) is 2.24. The van der Waals surface area contributed by atoms with Crippen LogP contribution < -0.4 is 0 Å². The second kappa shape index (κ2) is 6.95. The molecule has 0 radical (unpaired) electrons. The molecule has 5 heteroatoms. The number of fused-ring (bicyclic) bond motifs is 1. The fourth-order valence-electron chi connectivity index (χ4n) is 3.77. The molecule has 0 aromatic carbocycles. The van der Waals surface area contributed by atoms with Crippen molar-refractivity contribution >= 4 is 0 Å². The summed E-state index contributed by atoms with van der Waals surface area (Å²) >= 11 is 0. The number of rotatable bonds is 3. The van der Waals surface area contributed by atoms with Crippen molar-refractivity contribution < 1.29 is 0 Å². The molecule has 2 aliphatic heterocycles. The van der Waals surface area contributed by atoms with E-state index >= 15 is 0 Å². The van der Waals surface area contributed by atoms with Crippen LogP contribution in [0.1, 0.15) is 41.4 Å². The molecule has 5 nitrogen and oxygen atoms in total. The van der Waals surface area contributed by atoms with E-state index in [-0.39, 0.29) is 0 Å². The molecule has 0 atom stereocenters. The van der Waals surface area contributed by atoms with Crippen LogP contribution in [-0.4, -0.2) is 51.4 Å². The maximum Gasteiger partial charge on any atom is 0.131 e. The van der Waals surface area contributed by atoms with E-state index < -0.39 is 0 Å². The molecule has 4 heterocycles. The molecule has 2 aromatic heterocycles. The standard InChI is InChI=1S/C19H25N5/c1-23-8-6-18-17(14-23)12-21-19(22-18)16-4-9-24(10-5-16)13-15-3-2-7-20-11-15/h2-3,7,11-12,16H,4-6,8-10,13-14H2,1H3. The number of hydrogen-bond donors (Lipinski definition) is 0. The SMILES string of the molecule is CN1CCc2nc(C3CCN(Cc4cccnc4)CC3)ncc2C1. The Bertz CT molecular complexity index is 679. The number of hydrogen-bond acceptors (Lipinski definition) is 5. The zero-order valence-corrected chi connectivity index (χ0v) is 14.4. The number of piperidine rings is 1. The summed E-state index contributed by atoms with van der Waals surface area (Å²) in [5.74, 6) is 1.58. The molecule has 2 aromatic rings. The second-order valence-electron chi connectivity index (χ2n) is 7.10. The van der Waals surface area contributed by atoms with E-state index in [4.69, 9.17) is 9.97 Å². The summed E-state index contributed by atoms with van der Waals surface area (Å²) in [6.07, 6.45) is 9.23. The largest absolute Gasteiger partial charge is 0.302 e. The highest BCUT2D eigenvalue weighted by atomic mass is 15.1. The van der Waals surface area contributed by atoms with E-state index in [1.165, 1.54) is 16.8 Å². The minimum Gasteiger partial charge on any atom is -0.302 e. The van der Waals surface area contributed by atoms with Gasteiger partial charge in [-0.1, -0.05) is 6.07 Å². The van der Waals surface area contributed by atoms with Crippen molar-refractivity contribution in [1.82, 2.24) is 24.8 Å². The van der Waals surface area contributed by atoms with Gasteiger partial charge in [-0.15, -0.1) is 0 Å². The van der Waals surface area contributed by atoms with Gasteiger partial charge in [0, 0.05) is 61.8 Å². The molecule has 24 heavy (non-hydrogen) atoms. The first-order valence-electron chi connectivity index (χ1n) is 8.92. The van der Waals surface area contributed by atoms with Gasteiger partial charge < -0.3 is 4.90 Å². The Labute approximate surface area is 143 Å². The lowest BCUT2D eigenvalue weighted by atomic mass is 9.95. The van der Waals surface area contributed by atoms with Crippen LogP contribution in [-0.2, 0) is 19.5 Å². The first-order valence-corrected chi connectivity index (χ1v) is 8.92. The Morgan fingerprint density at radius 2 is 2.04 bits per heavy atom. The predicted molar refractivity (Wildman–Crippen MR) is 93.6 cm³/mol. The number of likely N-dealkylation sites (N-methyl/N-ethyl adjacent to an activating group) is 1. The Hall–Kier alpha value is -1.85. The van der Waals surface area contributed by atoms with Gasteiger partial charge in [0.2, 0.25) is 0 Å². The van der Waals surface area contributed by atoms with E-state index in [2.05, 4.69) is 34.1 Å². The van der Waals surface area contributed by atoms with Gasteiger partial charge in [0.15, 0.2) is 0 Å². The minimum atomic E-state index is 0.514. The van der Waals surface area contributed by atoms with Crippen molar-refractivity contribution in [1.29, 1.82) is 0 Å². The number of likely N-dealkylation sites (tertiary alicyclic amines) is 1. The molecule has 0 aliphatic carbocycles. The zero-order chi connectivity index (χ0) is 16.4. The molecular weight excluding hydrogens is 298 g/mol. The van der Waals surface area contributed by atoms with Gasteiger partial charge in [0.05, 0.1) is 0 Å². The molecule has 2 aliphatic rings. The highest BCUT2D eigenvalue weighted by Gasteiger charge is 2.24. The summed E-state index contributed by atoms with van der Waals surface area (Å²) in [5, 5.41) is 0. The number of aromatic nitrogens is 3. The second-order valence-corrected chi connectivity index (χ2v) is 7.10. The van der Waals surface area contributed by atoms with E-state index in [1.54, 1.807) is 0 Å². The normalized spacial score (nSPS) is 20.0. The van der Waals surface area contributed by atoms with Crippen molar-refractivity contribution in [2.24, 2.45) is 0 Å². The molecular formula is C19H25N5. The Kier molecular flexibility index (Phi) is 4.54. The van der Waals surface area contributed by atoms with E-state index in [0.29, 0.717) is 5.92 Å². The summed E-state index contributed by atoms with van der Waals surface area (Å²) in [5.41, 5.74) is 3.88. The summed E-state index contributed by atoms with van der Waals surface area (Å²) in [6.45, 7) is 5.32. The minimum absolute atomic E-state index is 0.514. The zero-order valence-electron chi connectivity index (χ0n) is 14.4. The molecule has 0 unspecified atom stereocenters. The highest BCUT2D eigenvalue weighted by molar-refractivity contribution is 5.21. The van der Waals surface area contributed by atoms with Crippen molar-refractivity contribution in [3.63, 3.8) is 0 Å². The van der Waals surface area contributed by atoms with E-state index in [1.807, 2.05) is 18.5 Å². The molecule has 4 rings (SSSR count). The highest BCUT2D eigenvalue weighted by Crippen LogP contribution is 2.27. The molecule has 1 fully saturated rings. The van der Waals surface area contributed by atoms with Crippen LogP contribution in [0.25, 0.3) is 0 Å². The Morgan fingerprint density at radius 1 is 1.17 bits per heavy atom. The van der Waals surface area contributed by atoms with Gasteiger partial charge in [-0.3, -0.25) is 9.88 Å². The lowest BCUT2D eigenvalue weighted by Crippen LogP contribution is -2.33. The first-order chi connectivity index (χ1) is 11.8. The third-order valence-corrected chi connectivity index (χ3v) is 5.23. The molecule has 0 amide bonds. The lowest BCUT2D eigenvalue weighted by molar-refractivity contribution is 0.201. The Balaban J connectivity index is 1.37. The van der Waals surface area contributed by atoms with Gasteiger partial charge in [0.25, 0.3) is 0 Å². The fourth-order valence-corrected chi connectivity index (χ4v) is 3.77. The van der Waals surface area contributed by atoms with Crippen LogP contribution in [0.15, 0.2) is 30.7 Å². The van der Waals surface area contributed by atoms with Crippen LogP contribution in [0.3, 0.4) is 0 Å². The summed E-state index contributed by atoms with van der Waals surface area (Å²) in [6, 6.07) is 4.17. The van der Waals surface area contributed by atoms with Crippen molar-refractivity contribution in [2.45, 2.75) is 38.3 Å². The van der Waals surface area contributed by atoms with E-state index in [9.17, 15) is 0 Å². The third kappa shape index (κ3) is 3.47.